The first-order valence-corrected chi connectivity index (χ1v) is 11.1. The van der Waals surface area contributed by atoms with E-state index in [1.54, 1.807) is 29.5 Å². The van der Waals surface area contributed by atoms with Crippen molar-refractivity contribution in [1.29, 1.82) is 0 Å². The molecule has 1 atom stereocenters. The molecule has 150 valence electrons. The first-order chi connectivity index (χ1) is 14.0. The molecule has 0 bridgehead atoms. The van der Waals surface area contributed by atoms with E-state index in [9.17, 15) is 4.79 Å². The Morgan fingerprint density at radius 2 is 2.00 bits per heavy atom. The minimum Gasteiger partial charge on any atom is -0.457 e. The van der Waals surface area contributed by atoms with Gasteiger partial charge in [-0.3, -0.25) is 9.69 Å². The summed E-state index contributed by atoms with van der Waals surface area (Å²) < 4.78 is 6.02. The lowest BCUT2D eigenvalue weighted by atomic mass is 10.0. The van der Waals surface area contributed by atoms with Gasteiger partial charge in [-0.15, -0.1) is 11.3 Å². The van der Waals surface area contributed by atoms with E-state index < -0.39 is 6.17 Å². The maximum Gasteiger partial charge on any atom is 0.256 e. The topological polar surface area (TPSA) is 57.5 Å². The maximum absolute atomic E-state index is 12.9. The maximum atomic E-state index is 12.9. The molecule has 0 aliphatic carbocycles. The third-order valence-electron chi connectivity index (χ3n) is 5.42. The molecule has 1 aromatic carbocycles. The number of hydrogen-bond donors (Lipinski definition) is 2. The standard InChI is InChI=1S/C21H19Cl2N3O2S/c1-2-26-6-5-14-17(10-26)29-21-18(14)20(27)24-19(25-21)16-4-3-15(28-16)11-7-12(22)9-13(23)8-11/h3-4,7-9,19,25H,2,5-6,10H2,1H3,(H,24,27). The first-order valence-electron chi connectivity index (χ1n) is 9.52. The zero-order valence-corrected chi connectivity index (χ0v) is 18.0. The molecule has 0 radical (unpaired) electrons. The number of carbonyl (C=O) groups excluding carboxylic acids is 1. The highest BCUT2D eigenvalue weighted by atomic mass is 35.5. The summed E-state index contributed by atoms with van der Waals surface area (Å²) in [5.74, 6) is 1.24. The Labute approximate surface area is 182 Å². The lowest BCUT2D eigenvalue weighted by Crippen LogP contribution is -2.38. The fourth-order valence-corrected chi connectivity index (χ4v) is 5.78. The van der Waals surface area contributed by atoms with Gasteiger partial charge in [-0.1, -0.05) is 30.1 Å². The van der Waals surface area contributed by atoms with Gasteiger partial charge >= 0.3 is 0 Å². The average molecular weight is 448 g/mol. The van der Waals surface area contributed by atoms with Crippen molar-refractivity contribution in [2.24, 2.45) is 0 Å². The molecule has 29 heavy (non-hydrogen) atoms. The van der Waals surface area contributed by atoms with Gasteiger partial charge in [0.1, 0.15) is 16.5 Å². The molecule has 3 aromatic rings. The predicted octanol–water partition coefficient (Wildman–Crippen LogP) is 5.55. The Bertz CT molecular complexity index is 1090. The Balaban J connectivity index is 1.43. The summed E-state index contributed by atoms with van der Waals surface area (Å²) in [7, 11) is 0. The summed E-state index contributed by atoms with van der Waals surface area (Å²) in [5.41, 5.74) is 2.78. The molecule has 1 unspecified atom stereocenters. The van der Waals surface area contributed by atoms with E-state index in [2.05, 4.69) is 22.5 Å². The number of amides is 1. The van der Waals surface area contributed by atoms with E-state index in [4.69, 9.17) is 27.6 Å². The molecule has 2 aliphatic rings. The van der Waals surface area contributed by atoms with Crippen molar-refractivity contribution >= 4 is 45.4 Å². The number of likely N-dealkylation sites (N-methyl/N-ethyl adjacent to an activating group) is 1. The normalized spacial score (nSPS) is 18.7. The van der Waals surface area contributed by atoms with E-state index in [0.717, 1.165) is 42.2 Å². The summed E-state index contributed by atoms with van der Waals surface area (Å²) >= 11 is 13.9. The first kappa shape index (κ1) is 19.0. The molecule has 2 aromatic heterocycles. The number of hydrogen-bond acceptors (Lipinski definition) is 5. The van der Waals surface area contributed by atoms with Crippen molar-refractivity contribution in [3.05, 3.63) is 62.1 Å². The van der Waals surface area contributed by atoms with Crippen molar-refractivity contribution in [2.75, 3.05) is 18.4 Å². The molecule has 2 aliphatic heterocycles. The summed E-state index contributed by atoms with van der Waals surface area (Å²) in [5, 5.41) is 8.49. The van der Waals surface area contributed by atoms with E-state index in [1.165, 1.54) is 10.4 Å². The minimum atomic E-state index is -0.416. The fourth-order valence-electron chi connectivity index (χ4n) is 3.94. The third-order valence-corrected chi connectivity index (χ3v) is 7.00. The van der Waals surface area contributed by atoms with Crippen LogP contribution in [0.2, 0.25) is 10.0 Å². The van der Waals surface area contributed by atoms with Gasteiger partial charge in [0.05, 0.1) is 5.56 Å². The van der Waals surface area contributed by atoms with Crippen LogP contribution in [0.1, 0.15) is 39.6 Å². The van der Waals surface area contributed by atoms with Gasteiger partial charge in [0, 0.05) is 33.6 Å². The highest BCUT2D eigenvalue weighted by molar-refractivity contribution is 7.16. The van der Waals surface area contributed by atoms with Crippen molar-refractivity contribution in [3.63, 3.8) is 0 Å². The number of benzene rings is 1. The second-order valence-corrected chi connectivity index (χ2v) is 9.22. The van der Waals surface area contributed by atoms with Crippen LogP contribution in [0, 0.1) is 0 Å². The smallest absolute Gasteiger partial charge is 0.256 e. The van der Waals surface area contributed by atoms with Crippen LogP contribution in [-0.2, 0) is 13.0 Å². The SMILES string of the molecule is CCN1CCc2c(sc3c2C(=O)NC(c2ccc(-c4cc(Cl)cc(Cl)c4)o2)N3)C1. The molecule has 4 heterocycles. The molecular weight excluding hydrogens is 429 g/mol. The van der Waals surface area contributed by atoms with E-state index >= 15 is 0 Å². The highest BCUT2D eigenvalue weighted by Gasteiger charge is 2.34. The zero-order valence-electron chi connectivity index (χ0n) is 15.7. The fraction of sp³-hybridized carbons (Fsp3) is 0.286. The van der Waals surface area contributed by atoms with Crippen molar-refractivity contribution in [3.8, 4) is 11.3 Å². The molecule has 0 saturated carbocycles. The van der Waals surface area contributed by atoms with Crippen molar-refractivity contribution < 1.29 is 9.21 Å². The Hall–Kier alpha value is -1.99. The lowest BCUT2D eigenvalue weighted by molar-refractivity contribution is 0.0930. The molecule has 0 fully saturated rings. The summed E-state index contributed by atoms with van der Waals surface area (Å²) in [6.45, 7) is 5.09. The summed E-state index contributed by atoms with van der Waals surface area (Å²) in [6, 6.07) is 9.00. The molecule has 0 spiro atoms. The van der Waals surface area contributed by atoms with Crippen LogP contribution in [0.3, 0.4) is 0 Å². The molecular formula is C21H19Cl2N3O2S. The number of anilines is 1. The number of fused-ring (bicyclic) bond motifs is 3. The van der Waals surface area contributed by atoms with Crippen molar-refractivity contribution in [1.82, 2.24) is 10.2 Å². The van der Waals surface area contributed by atoms with Gasteiger partial charge in [-0.25, -0.2) is 0 Å². The number of halogens is 2. The predicted molar refractivity (Wildman–Crippen MR) is 117 cm³/mol. The van der Waals surface area contributed by atoms with Gasteiger partial charge in [0.25, 0.3) is 5.91 Å². The number of nitrogens with one attached hydrogen (secondary N) is 2. The van der Waals surface area contributed by atoms with Gasteiger partial charge in [-0.05, 0) is 48.9 Å². The van der Waals surface area contributed by atoms with Gasteiger partial charge in [0.15, 0.2) is 6.17 Å². The highest BCUT2D eigenvalue weighted by Crippen LogP contribution is 2.41. The number of rotatable bonds is 3. The quantitative estimate of drug-likeness (QED) is 0.552. The summed E-state index contributed by atoms with van der Waals surface area (Å²) in [6.07, 6.45) is 0.496. The Morgan fingerprint density at radius 3 is 2.76 bits per heavy atom. The second kappa shape index (κ2) is 7.36. The minimum absolute atomic E-state index is 0.0463. The van der Waals surface area contributed by atoms with Crippen LogP contribution in [0.4, 0.5) is 5.00 Å². The molecule has 8 heteroatoms. The number of furan rings is 1. The Morgan fingerprint density at radius 1 is 1.21 bits per heavy atom. The largest absolute Gasteiger partial charge is 0.457 e. The van der Waals surface area contributed by atoms with Crippen LogP contribution in [-0.4, -0.2) is 23.9 Å². The van der Waals surface area contributed by atoms with Gasteiger partial charge in [0.2, 0.25) is 0 Å². The lowest BCUT2D eigenvalue weighted by Gasteiger charge is -2.27. The van der Waals surface area contributed by atoms with Gasteiger partial charge < -0.3 is 15.1 Å². The molecule has 5 rings (SSSR count). The van der Waals surface area contributed by atoms with Crippen molar-refractivity contribution in [2.45, 2.75) is 26.1 Å². The molecule has 0 saturated heterocycles. The Kier molecular flexibility index (Phi) is 4.82. The second-order valence-electron chi connectivity index (χ2n) is 7.24. The number of thiophene rings is 1. The number of carbonyl (C=O) groups is 1. The summed E-state index contributed by atoms with van der Waals surface area (Å²) in [4.78, 5) is 16.6. The van der Waals surface area contributed by atoms with Gasteiger partial charge in [-0.2, -0.15) is 0 Å². The van der Waals surface area contributed by atoms with Crippen LogP contribution in [0.5, 0.6) is 0 Å². The van der Waals surface area contributed by atoms with E-state index in [1.807, 2.05) is 12.1 Å². The van der Waals surface area contributed by atoms with Crippen LogP contribution in [0.25, 0.3) is 11.3 Å². The molecule has 5 nitrogen and oxygen atoms in total. The van der Waals surface area contributed by atoms with Crippen LogP contribution < -0.4 is 10.6 Å². The van der Waals surface area contributed by atoms with E-state index in [-0.39, 0.29) is 5.91 Å². The zero-order chi connectivity index (χ0) is 20.1. The van der Waals surface area contributed by atoms with Crippen LogP contribution >= 0.6 is 34.5 Å². The molecule has 2 N–H and O–H groups in total. The van der Waals surface area contributed by atoms with E-state index in [0.29, 0.717) is 21.6 Å². The average Bonchev–Trinajstić information content (AvgIpc) is 3.31. The van der Waals surface area contributed by atoms with Crippen LogP contribution in [0.15, 0.2) is 34.7 Å². The number of nitrogens with zero attached hydrogens (tertiary/aromatic N) is 1. The third kappa shape index (κ3) is 3.44. The monoisotopic (exact) mass is 447 g/mol. The molecule has 1 amide bonds.